The molecule has 1 aliphatic heterocycles. The quantitative estimate of drug-likeness (QED) is 0.591. The Labute approximate surface area is 105 Å². The SMILES string of the molecule is CCOCCCNCC(C)OCC1CCOC1. The summed E-state index contributed by atoms with van der Waals surface area (Å²) < 4.78 is 16.4. The third-order valence-corrected chi connectivity index (χ3v) is 2.92. The van der Waals surface area contributed by atoms with Crippen LogP contribution in [0.15, 0.2) is 0 Å². The summed E-state index contributed by atoms with van der Waals surface area (Å²) in [5, 5.41) is 3.38. The van der Waals surface area contributed by atoms with Crippen molar-refractivity contribution in [3.63, 3.8) is 0 Å². The summed E-state index contributed by atoms with van der Waals surface area (Å²) in [7, 11) is 0. The van der Waals surface area contributed by atoms with Gasteiger partial charge in [-0.05, 0) is 33.2 Å². The van der Waals surface area contributed by atoms with Crippen molar-refractivity contribution in [1.29, 1.82) is 0 Å². The summed E-state index contributed by atoms with van der Waals surface area (Å²) in [5.41, 5.74) is 0. The van der Waals surface area contributed by atoms with E-state index in [2.05, 4.69) is 12.2 Å². The number of rotatable bonds is 10. The average Bonchev–Trinajstić information content (AvgIpc) is 2.84. The predicted octanol–water partition coefficient (Wildman–Crippen LogP) is 1.44. The van der Waals surface area contributed by atoms with Gasteiger partial charge < -0.3 is 19.5 Å². The van der Waals surface area contributed by atoms with E-state index in [9.17, 15) is 0 Å². The van der Waals surface area contributed by atoms with Crippen LogP contribution in [-0.2, 0) is 14.2 Å². The third kappa shape index (κ3) is 7.71. The first kappa shape index (κ1) is 14.9. The molecule has 1 aliphatic rings. The molecule has 1 heterocycles. The maximum absolute atomic E-state index is 5.78. The molecular weight excluding hydrogens is 218 g/mol. The normalized spacial score (nSPS) is 21.9. The topological polar surface area (TPSA) is 39.7 Å². The largest absolute Gasteiger partial charge is 0.382 e. The van der Waals surface area contributed by atoms with Gasteiger partial charge in [0.1, 0.15) is 0 Å². The summed E-state index contributed by atoms with van der Waals surface area (Å²) in [6.07, 6.45) is 2.49. The summed E-state index contributed by atoms with van der Waals surface area (Å²) in [5.74, 6) is 0.607. The number of hydrogen-bond donors (Lipinski definition) is 1. The van der Waals surface area contributed by atoms with Crippen molar-refractivity contribution in [2.45, 2.75) is 32.8 Å². The average molecular weight is 245 g/mol. The minimum atomic E-state index is 0.280. The molecule has 1 N–H and O–H groups in total. The number of nitrogens with one attached hydrogen (secondary N) is 1. The number of hydrogen-bond acceptors (Lipinski definition) is 4. The fourth-order valence-corrected chi connectivity index (χ4v) is 1.82. The van der Waals surface area contributed by atoms with Gasteiger partial charge in [-0.3, -0.25) is 0 Å². The van der Waals surface area contributed by atoms with Gasteiger partial charge in [-0.1, -0.05) is 0 Å². The maximum atomic E-state index is 5.78. The molecule has 2 unspecified atom stereocenters. The van der Waals surface area contributed by atoms with Crippen molar-refractivity contribution in [3.05, 3.63) is 0 Å². The van der Waals surface area contributed by atoms with E-state index < -0.39 is 0 Å². The van der Waals surface area contributed by atoms with E-state index in [1.54, 1.807) is 0 Å². The number of ether oxygens (including phenoxy) is 3. The molecule has 0 aromatic heterocycles. The molecule has 1 fully saturated rings. The van der Waals surface area contributed by atoms with Crippen LogP contribution in [-0.4, -0.2) is 52.2 Å². The van der Waals surface area contributed by atoms with Gasteiger partial charge in [-0.15, -0.1) is 0 Å². The molecule has 2 atom stereocenters. The molecule has 0 saturated carbocycles. The molecule has 0 aromatic carbocycles. The second-order valence-corrected chi connectivity index (χ2v) is 4.63. The minimum absolute atomic E-state index is 0.280. The van der Waals surface area contributed by atoms with Crippen molar-refractivity contribution in [3.8, 4) is 0 Å². The molecule has 1 rings (SSSR count). The molecule has 0 amide bonds. The van der Waals surface area contributed by atoms with Crippen LogP contribution in [0.25, 0.3) is 0 Å². The van der Waals surface area contributed by atoms with E-state index in [4.69, 9.17) is 14.2 Å². The summed E-state index contributed by atoms with van der Waals surface area (Å²) in [4.78, 5) is 0. The van der Waals surface area contributed by atoms with E-state index in [0.29, 0.717) is 5.92 Å². The van der Waals surface area contributed by atoms with Crippen LogP contribution in [0.2, 0.25) is 0 Å². The smallest absolute Gasteiger partial charge is 0.0671 e. The van der Waals surface area contributed by atoms with Gasteiger partial charge in [0, 0.05) is 32.3 Å². The molecule has 0 aromatic rings. The molecule has 4 heteroatoms. The fraction of sp³-hybridized carbons (Fsp3) is 1.00. The van der Waals surface area contributed by atoms with Crippen LogP contribution in [0.4, 0.5) is 0 Å². The highest BCUT2D eigenvalue weighted by atomic mass is 16.5. The summed E-state index contributed by atoms with van der Waals surface area (Å²) in [6, 6.07) is 0. The lowest BCUT2D eigenvalue weighted by molar-refractivity contribution is 0.0366. The first-order valence-electron chi connectivity index (χ1n) is 6.80. The van der Waals surface area contributed by atoms with Gasteiger partial charge >= 0.3 is 0 Å². The van der Waals surface area contributed by atoms with E-state index in [1.807, 2.05) is 6.92 Å². The molecule has 0 aliphatic carbocycles. The van der Waals surface area contributed by atoms with Gasteiger partial charge in [-0.2, -0.15) is 0 Å². The van der Waals surface area contributed by atoms with Crippen molar-refractivity contribution >= 4 is 0 Å². The second-order valence-electron chi connectivity index (χ2n) is 4.63. The Kier molecular flexibility index (Phi) is 8.61. The molecule has 102 valence electrons. The van der Waals surface area contributed by atoms with Crippen molar-refractivity contribution in [2.24, 2.45) is 5.92 Å². The molecule has 17 heavy (non-hydrogen) atoms. The second kappa shape index (κ2) is 9.83. The van der Waals surface area contributed by atoms with Gasteiger partial charge in [0.25, 0.3) is 0 Å². The van der Waals surface area contributed by atoms with Crippen LogP contribution < -0.4 is 5.32 Å². The van der Waals surface area contributed by atoms with Crippen molar-refractivity contribution in [2.75, 3.05) is 46.1 Å². The van der Waals surface area contributed by atoms with E-state index in [1.165, 1.54) is 0 Å². The Hall–Kier alpha value is -0.160. The van der Waals surface area contributed by atoms with E-state index in [0.717, 1.165) is 59.0 Å². The van der Waals surface area contributed by atoms with Crippen molar-refractivity contribution in [1.82, 2.24) is 5.32 Å². The zero-order chi connectivity index (χ0) is 12.3. The standard InChI is InChI=1S/C13H27NO3/c1-3-15-7-4-6-14-9-12(2)17-11-13-5-8-16-10-13/h12-14H,3-11H2,1-2H3. The minimum Gasteiger partial charge on any atom is -0.382 e. The Morgan fingerprint density at radius 3 is 3.06 bits per heavy atom. The lowest BCUT2D eigenvalue weighted by Crippen LogP contribution is -2.29. The third-order valence-electron chi connectivity index (χ3n) is 2.92. The fourth-order valence-electron chi connectivity index (χ4n) is 1.82. The Morgan fingerprint density at radius 1 is 1.47 bits per heavy atom. The maximum Gasteiger partial charge on any atom is 0.0671 e. The van der Waals surface area contributed by atoms with Gasteiger partial charge in [0.2, 0.25) is 0 Å². The molecule has 0 bridgehead atoms. The van der Waals surface area contributed by atoms with Crippen LogP contribution in [0.1, 0.15) is 26.7 Å². The van der Waals surface area contributed by atoms with Crippen LogP contribution in [0.3, 0.4) is 0 Å². The zero-order valence-electron chi connectivity index (χ0n) is 11.2. The van der Waals surface area contributed by atoms with Crippen LogP contribution in [0.5, 0.6) is 0 Å². The highest BCUT2D eigenvalue weighted by Crippen LogP contribution is 2.12. The molecule has 0 spiro atoms. The first-order chi connectivity index (χ1) is 8.33. The molecule has 4 nitrogen and oxygen atoms in total. The lowest BCUT2D eigenvalue weighted by atomic mass is 10.1. The molecule has 0 radical (unpaired) electrons. The van der Waals surface area contributed by atoms with E-state index >= 15 is 0 Å². The van der Waals surface area contributed by atoms with Crippen molar-refractivity contribution < 1.29 is 14.2 Å². The monoisotopic (exact) mass is 245 g/mol. The van der Waals surface area contributed by atoms with Crippen LogP contribution >= 0.6 is 0 Å². The lowest BCUT2D eigenvalue weighted by Gasteiger charge is -2.16. The zero-order valence-corrected chi connectivity index (χ0v) is 11.2. The Bertz CT molecular complexity index is 172. The molecular formula is C13H27NO3. The summed E-state index contributed by atoms with van der Waals surface area (Å²) >= 11 is 0. The highest BCUT2D eigenvalue weighted by molar-refractivity contribution is 4.64. The van der Waals surface area contributed by atoms with Crippen LogP contribution in [0, 0.1) is 5.92 Å². The predicted molar refractivity (Wildman–Crippen MR) is 68.3 cm³/mol. The summed E-state index contributed by atoms with van der Waals surface area (Å²) in [6.45, 7) is 10.3. The van der Waals surface area contributed by atoms with Gasteiger partial charge in [0.15, 0.2) is 0 Å². The Morgan fingerprint density at radius 2 is 2.35 bits per heavy atom. The highest BCUT2D eigenvalue weighted by Gasteiger charge is 2.16. The Balaban J connectivity index is 1.85. The molecule has 1 saturated heterocycles. The first-order valence-corrected chi connectivity index (χ1v) is 6.80. The van der Waals surface area contributed by atoms with E-state index in [-0.39, 0.29) is 6.10 Å². The van der Waals surface area contributed by atoms with Gasteiger partial charge in [0.05, 0.1) is 19.3 Å². The van der Waals surface area contributed by atoms with Gasteiger partial charge in [-0.25, -0.2) is 0 Å².